The lowest BCUT2D eigenvalue weighted by Crippen LogP contribution is -2.59. The lowest BCUT2D eigenvalue weighted by Gasteiger charge is -2.44. The van der Waals surface area contributed by atoms with Gasteiger partial charge in [-0.3, -0.25) is 4.79 Å². The predicted octanol–water partition coefficient (Wildman–Crippen LogP) is 2.96. The van der Waals surface area contributed by atoms with E-state index in [0.29, 0.717) is 18.7 Å². The molecule has 1 fully saturated rings. The Morgan fingerprint density at radius 3 is 2.71 bits per heavy atom. The highest BCUT2D eigenvalue weighted by atomic mass is 16.5. The van der Waals surface area contributed by atoms with Crippen LogP contribution in [-0.2, 0) is 9.53 Å². The van der Waals surface area contributed by atoms with Gasteiger partial charge in [0, 0.05) is 12.1 Å². The minimum atomic E-state index is -0.476. The smallest absolute Gasteiger partial charge is 0.326 e. The van der Waals surface area contributed by atoms with Crippen LogP contribution in [0.1, 0.15) is 66.2 Å². The number of hydrogen-bond acceptors (Lipinski definition) is 4. The molecular weight excluding hydrogens is 264 g/mol. The van der Waals surface area contributed by atoms with Gasteiger partial charge >= 0.3 is 5.97 Å². The van der Waals surface area contributed by atoms with E-state index in [1.807, 2.05) is 6.92 Å². The zero-order valence-corrected chi connectivity index (χ0v) is 14.6. The monoisotopic (exact) mass is 298 g/mol. The van der Waals surface area contributed by atoms with E-state index < -0.39 is 5.54 Å². The van der Waals surface area contributed by atoms with Crippen molar-refractivity contribution in [3.63, 3.8) is 0 Å². The summed E-state index contributed by atoms with van der Waals surface area (Å²) in [6, 6.07) is 1.02. The topological polar surface area (TPSA) is 41.6 Å². The molecule has 0 aliphatic heterocycles. The number of esters is 1. The standard InChI is InChI=1S/C17H34N2O2/c1-6-12-18-17(16(20)21-8-3)11-9-10-15(13-17)19(5)14(4)7-2/h14-15,18H,6-13H2,1-5H3. The van der Waals surface area contributed by atoms with E-state index in [-0.39, 0.29) is 5.97 Å². The number of nitrogens with one attached hydrogen (secondary N) is 1. The Bertz CT molecular complexity index is 322. The van der Waals surface area contributed by atoms with Gasteiger partial charge in [-0.05, 0) is 66.0 Å². The van der Waals surface area contributed by atoms with Crippen LogP contribution in [0.3, 0.4) is 0 Å². The molecule has 4 heteroatoms. The van der Waals surface area contributed by atoms with E-state index in [1.54, 1.807) is 0 Å². The number of ether oxygens (including phenoxy) is 1. The van der Waals surface area contributed by atoms with Gasteiger partial charge in [-0.25, -0.2) is 0 Å². The van der Waals surface area contributed by atoms with Crippen LogP contribution in [0.25, 0.3) is 0 Å². The van der Waals surface area contributed by atoms with Crippen LogP contribution in [0.2, 0.25) is 0 Å². The molecule has 3 atom stereocenters. The highest BCUT2D eigenvalue weighted by molar-refractivity contribution is 5.81. The summed E-state index contributed by atoms with van der Waals surface area (Å²) in [6.07, 6.45) is 6.20. The first-order valence-corrected chi connectivity index (χ1v) is 8.64. The molecule has 0 amide bonds. The third-order valence-electron chi connectivity index (χ3n) is 4.97. The molecule has 0 heterocycles. The molecule has 1 aliphatic rings. The maximum absolute atomic E-state index is 12.5. The quantitative estimate of drug-likeness (QED) is 0.700. The SMILES string of the molecule is CCCNC1(C(=O)OCC)CCCC(N(C)C(C)CC)C1. The first-order valence-electron chi connectivity index (χ1n) is 8.64. The van der Waals surface area contributed by atoms with Crippen LogP contribution < -0.4 is 5.32 Å². The molecule has 0 radical (unpaired) electrons. The minimum Gasteiger partial charge on any atom is -0.465 e. The Morgan fingerprint density at radius 1 is 1.43 bits per heavy atom. The number of rotatable bonds is 8. The highest BCUT2D eigenvalue weighted by Gasteiger charge is 2.44. The molecule has 1 saturated carbocycles. The van der Waals surface area contributed by atoms with E-state index in [2.05, 4.69) is 38.0 Å². The lowest BCUT2D eigenvalue weighted by molar-refractivity contribution is -0.154. The van der Waals surface area contributed by atoms with E-state index in [1.165, 1.54) is 6.42 Å². The number of carbonyl (C=O) groups excluding carboxylic acids is 1. The molecule has 0 saturated heterocycles. The number of nitrogens with zero attached hydrogens (tertiary/aromatic N) is 1. The molecule has 4 nitrogen and oxygen atoms in total. The van der Waals surface area contributed by atoms with Gasteiger partial charge in [-0.15, -0.1) is 0 Å². The summed E-state index contributed by atoms with van der Waals surface area (Å²) in [5, 5.41) is 3.51. The second kappa shape index (κ2) is 8.74. The second-order valence-corrected chi connectivity index (χ2v) is 6.40. The average molecular weight is 298 g/mol. The Morgan fingerprint density at radius 2 is 2.14 bits per heavy atom. The van der Waals surface area contributed by atoms with Crippen molar-refractivity contribution < 1.29 is 9.53 Å². The van der Waals surface area contributed by atoms with Gasteiger partial charge < -0.3 is 15.0 Å². The van der Waals surface area contributed by atoms with Crippen molar-refractivity contribution in [1.82, 2.24) is 10.2 Å². The summed E-state index contributed by atoms with van der Waals surface area (Å²) in [5.41, 5.74) is -0.476. The highest BCUT2D eigenvalue weighted by Crippen LogP contribution is 2.33. The van der Waals surface area contributed by atoms with Crippen molar-refractivity contribution in [3.05, 3.63) is 0 Å². The molecule has 21 heavy (non-hydrogen) atoms. The third kappa shape index (κ3) is 4.68. The van der Waals surface area contributed by atoms with E-state index in [0.717, 1.165) is 38.6 Å². The molecule has 0 bridgehead atoms. The fourth-order valence-electron chi connectivity index (χ4n) is 3.29. The minimum absolute atomic E-state index is 0.0549. The molecule has 1 N–H and O–H groups in total. The summed E-state index contributed by atoms with van der Waals surface area (Å²) >= 11 is 0. The fraction of sp³-hybridized carbons (Fsp3) is 0.941. The Balaban J connectivity index is 2.84. The van der Waals surface area contributed by atoms with Gasteiger partial charge in [0.2, 0.25) is 0 Å². The Hall–Kier alpha value is -0.610. The number of hydrogen-bond donors (Lipinski definition) is 1. The van der Waals surface area contributed by atoms with Crippen molar-refractivity contribution in [2.24, 2.45) is 0 Å². The van der Waals surface area contributed by atoms with Crippen molar-refractivity contribution >= 4 is 5.97 Å². The lowest BCUT2D eigenvalue weighted by atomic mass is 9.78. The van der Waals surface area contributed by atoms with Crippen molar-refractivity contribution in [3.8, 4) is 0 Å². The molecule has 1 rings (SSSR count). The van der Waals surface area contributed by atoms with E-state index in [4.69, 9.17) is 4.74 Å². The first kappa shape index (κ1) is 18.4. The van der Waals surface area contributed by atoms with Crippen molar-refractivity contribution in [1.29, 1.82) is 0 Å². The molecule has 1 aliphatic carbocycles. The Labute approximate surface area is 130 Å². The molecule has 0 aromatic carbocycles. The van der Waals surface area contributed by atoms with Crippen LogP contribution in [0, 0.1) is 0 Å². The van der Waals surface area contributed by atoms with E-state index in [9.17, 15) is 4.79 Å². The Kier molecular flexibility index (Phi) is 7.67. The fourth-order valence-corrected chi connectivity index (χ4v) is 3.29. The van der Waals surface area contributed by atoms with Gasteiger partial charge in [0.25, 0.3) is 0 Å². The van der Waals surface area contributed by atoms with Gasteiger partial charge in [0.15, 0.2) is 0 Å². The normalized spacial score (nSPS) is 27.6. The zero-order valence-electron chi connectivity index (χ0n) is 14.6. The van der Waals surface area contributed by atoms with Gasteiger partial charge in [-0.1, -0.05) is 13.8 Å². The molecule has 3 unspecified atom stereocenters. The second-order valence-electron chi connectivity index (χ2n) is 6.40. The van der Waals surface area contributed by atoms with Gasteiger partial charge in [0.1, 0.15) is 5.54 Å². The number of carbonyl (C=O) groups is 1. The maximum atomic E-state index is 12.5. The zero-order chi connectivity index (χ0) is 15.9. The van der Waals surface area contributed by atoms with E-state index >= 15 is 0 Å². The van der Waals surface area contributed by atoms with Crippen LogP contribution >= 0.6 is 0 Å². The summed E-state index contributed by atoms with van der Waals surface area (Å²) in [4.78, 5) is 15.0. The average Bonchev–Trinajstić information content (AvgIpc) is 2.51. The predicted molar refractivity (Wildman–Crippen MR) is 87.4 cm³/mol. The van der Waals surface area contributed by atoms with Crippen LogP contribution in [0.5, 0.6) is 0 Å². The molecule has 0 aromatic rings. The van der Waals surface area contributed by atoms with Gasteiger partial charge in [0.05, 0.1) is 6.61 Å². The summed E-state index contributed by atoms with van der Waals surface area (Å²) < 4.78 is 5.38. The molecule has 124 valence electrons. The maximum Gasteiger partial charge on any atom is 0.326 e. The molecule has 0 aromatic heterocycles. The van der Waals surface area contributed by atoms with Crippen LogP contribution in [-0.4, -0.2) is 48.7 Å². The summed E-state index contributed by atoms with van der Waals surface area (Å²) in [5.74, 6) is -0.0549. The van der Waals surface area contributed by atoms with Crippen molar-refractivity contribution in [2.75, 3.05) is 20.2 Å². The van der Waals surface area contributed by atoms with Crippen molar-refractivity contribution in [2.45, 2.75) is 83.8 Å². The van der Waals surface area contributed by atoms with Gasteiger partial charge in [-0.2, -0.15) is 0 Å². The largest absolute Gasteiger partial charge is 0.465 e. The van der Waals surface area contributed by atoms with Crippen LogP contribution in [0.4, 0.5) is 0 Å². The molecule has 0 spiro atoms. The first-order chi connectivity index (χ1) is 10.0. The summed E-state index contributed by atoms with van der Waals surface area (Å²) in [6.45, 7) is 9.84. The molecular formula is C17H34N2O2. The van der Waals surface area contributed by atoms with Crippen LogP contribution in [0.15, 0.2) is 0 Å². The third-order valence-corrected chi connectivity index (χ3v) is 4.97. The summed E-state index contributed by atoms with van der Waals surface area (Å²) in [7, 11) is 2.19.